The molecule has 0 unspecified atom stereocenters. The summed E-state index contributed by atoms with van der Waals surface area (Å²) in [4.78, 5) is 11.8. The molecule has 0 atom stereocenters. The molecule has 0 aliphatic heterocycles. The van der Waals surface area contributed by atoms with E-state index in [1.165, 1.54) is 12.8 Å². The number of rotatable bonds is 10. The van der Waals surface area contributed by atoms with Gasteiger partial charge in [-0.05, 0) is 44.0 Å². The van der Waals surface area contributed by atoms with Crippen molar-refractivity contribution < 1.29 is 14.3 Å². The van der Waals surface area contributed by atoms with Gasteiger partial charge in [-0.3, -0.25) is 4.79 Å². The van der Waals surface area contributed by atoms with E-state index in [0.717, 1.165) is 24.9 Å². The van der Waals surface area contributed by atoms with Crippen molar-refractivity contribution >= 4 is 12.0 Å². The normalized spacial score (nSPS) is 11.0. The summed E-state index contributed by atoms with van der Waals surface area (Å²) in [5.41, 5.74) is 0.902. The average Bonchev–Trinajstić information content (AvgIpc) is 2.53. The van der Waals surface area contributed by atoms with Crippen molar-refractivity contribution in [2.45, 2.75) is 52.6 Å². The highest BCUT2D eigenvalue weighted by atomic mass is 16.5. The third kappa shape index (κ3) is 7.73. The molecule has 0 aliphatic rings. The summed E-state index contributed by atoms with van der Waals surface area (Å²) in [6.07, 6.45) is 8.03. The number of nitrogens with one attached hydrogen (secondary N) is 1. The quantitative estimate of drug-likeness (QED) is 0.519. The fourth-order valence-electron chi connectivity index (χ4n) is 2.13. The van der Waals surface area contributed by atoms with Gasteiger partial charge in [-0.25, -0.2) is 0 Å². The fraction of sp³-hybridized carbons (Fsp3) is 0.526. The van der Waals surface area contributed by atoms with Gasteiger partial charge in [-0.1, -0.05) is 32.3 Å². The highest BCUT2D eigenvalue weighted by Gasteiger charge is 2.06. The molecule has 4 nitrogen and oxygen atoms in total. The zero-order valence-corrected chi connectivity index (χ0v) is 14.7. The second kappa shape index (κ2) is 10.7. The third-order valence-corrected chi connectivity index (χ3v) is 3.31. The van der Waals surface area contributed by atoms with Crippen molar-refractivity contribution in [1.82, 2.24) is 5.32 Å². The van der Waals surface area contributed by atoms with Gasteiger partial charge in [0.2, 0.25) is 5.91 Å². The number of methoxy groups -OCH3 is 1. The maximum atomic E-state index is 11.8. The van der Waals surface area contributed by atoms with Gasteiger partial charge in [0.1, 0.15) is 0 Å². The second-order valence-corrected chi connectivity index (χ2v) is 5.76. The lowest BCUT2D eigenvalue weighted by atomic mass is 10.2. The summed E-state index contributed by atoms with van der Waals surface area (Å²) in [7, 11) is 1.61. The SMILES string of the molecule is CCCCCCNC(=O)/C=C/c1ccc(OC(C)C)c(OC)c1. The Labute approximate surface area is 139 Å². The number of carbonyl (C=O) groups is 1. The first-order valence-electron chi connectivity index (χ1n) is 8.37. The zero-order chi connectivity index (χ0) is 17.1. The van der Waals surface area contributed by atoms with Crippen molar-refractivity contribution in [3.8, 4) is 11.5 Å². The van der Waals surface area contributed by atoms with Crippen LogP contribution >= 0.6 is 0 Å². The molecule has 0 saturated carbocycles. The average molecular weight is 319 g/mol. The Bertz CT molecular complexity index is 509. The van der Waals surface area contributed by atoms with E-state index < -0.39 is 0 Å². The van der Waals surface area contributed by atoms with E-state index in [1.807, 2.05) is 32.0 Å². The summed E-state index contributed by atoms with van der Waals surface area (Å²) in [5, 5.41) is 2.90. The summed E-state index contributed by atoms with van der Waals surface area (Å²) in [6, 6.07) is 5.63. The van der Waals surface area contributed by atoms with E-state index in [0.29, 0.717) is 11.5 Å². The van der Waals surface area contributed by atoms with Crippen LogP contribution in [0.3, 0.4) is 0 Å². The Hall–Kier alpha value is -1.97. The number of benzene rings is 1. The van der Waals surface area contributed by atoms with E-state index in [9.17, 15) is 4.79 Å². The maximum Gasteiger partial charge on any atom is 0.243 e. The summed E-state index contributed by atoms with van der Waals surface area (Å²) in [5.74, 6) is 1.31. The smallest absolute Gasteiger partial charge is 0.243 e. The van der Waals surface area contributed by atoms with Crippen molar-refractivity contribution in [3.63, 3.8) is 0 Å². The third-order valence-electron chi connectivity index (χ3n) is 3.31. The van der Waals surface area contributed by atoms with E-state index in [1.54, 1.807) is 19.3 Å². The summed E-state index contributed by atoms with van der Waals surface area (Å²) >= 11 is 0. The molecule has 0 bridgehead atoms. The Kier molecular flexibility index (Phi) is 8.88. The number of hydrogen-bond donors (Lipinski definition) is 1. The number of carbonyl (C=O) groups excluding carboxylic acids is 1. The van der Waals surface area contributed by atoms with Gasteiger partial charge in [0.25, 0.3) is 0 Å². The molecule has 0 aromatic heterocycles. The number of ether oxygens (including phenoxy) is 2. The van der Waals surface area contributed by atoms with Crippen LogP contribution < -0.4 is 14.8 Å². The second-order valence-electron chi connectivity index (χ2n) is 5.76. The van der Waals surface area contributed by atoms with Crippen molar-refractivity contribution in [1.29, 1.82) is 0 Å². The first-order chi connectivity index (χ1) is 11.1. The highest BCUT2D eigenvalue weighted by Crippen LogP contribution is 2.29. The van der Waals surface area contributed by atoms with E-state index in [4.69, 9.17) is 9.47 Å². The van der Waals surface area contributed by atoms with Crippen LogP contribution in [0.4, 0.5) is 0 Å². The van der Waals surface area contributed by atoms with Gasteiger partial charge >= 0.3 is 0 Å². The van der Waals surface area contributed by atoms with Crippen LogP contribution in [0.25, 0.3) is 6.08 Å². The molecular formula is C19H29NO3. The molecule has 0 saturated heterocycles. The lowest BCUT2D eigenvalue weighted by Crippen LogP contribution is -2.21. The van der Waals surface area contributed by atoms with Crippen molar-refractivity contribution in [3.05, 3.63) is 29.8 Å². The van der Waals surface area contributed by atoms with Crippen molar-refractivity contribution in [2.24, 2.45) is 0 Å². The molecule has 0 radical (unpaired) electrons. The Morgan fingerprint density at radius 3 is 2.65 bits per heavy atom. The summed E-state index contributed by atoms with van der Waals surface area (Å²) in [6.45, 7) is 6.84. The highest BCUT2D eigenvalue weighted by molar-refractivity contribution is 5.91. The Balaban J connectivity index is 2.54. The van der Waals surface area contributed by atoms with E-state index in [-0.39, 0.29) is 12.0 Å². The molecule has 1 aromatic rings. The molecule has 0 spiro atoms. The lowest BCUT2D eigenvalue weighted by Gasteiger charge is -2.13. The van der Waals surface area contributed by atoms with Crippen LogP contribution in [-0.2, 0) is 4.79 Å². The molecule has 0 fully saturated rings. The molecule has 1 N–H and O–H groups in total. The van der Waals surface area contributed by atoms with Crippen LogP contribution in [0.1, 0.15) is 52.0 Å². The van der Waals surface area contributed by atoms with Gasteiger partial charge in [-0.15, -0.1) is 0 Å². The van der Waals surface area contributed by atoms with Gasteiger partial charge in [0, 0.05) is 12.6 Å². The molecule has 1 rings (SSSR count). The van der Waals surface area contributed by atoms with E-state index in [2.05, 4.69) is 12.2 Å². The number of hydrogen-bond acceptors (Lipinski definition) is 3. The molecule has 1 aromatic carbocycles. The van der Waals surface area contributed by atoms with Crippen molar-refractivity contribution in [2.75, 3.05) is 13.7 Å². The first kappa shape index (κ1) is 19.1. The molecule has 1 amide bonds. The predicted molar refractivity (Wildman–Crippen MR) is 94.9 cm³/mol. The Morgan fingerprint density at radius 2 is 2.00 bits per heavy atom. The summed E-state index contributed by atoms with van der Waals surface area (Å²) < 4.78 is 11.0. The van der Waals surface area contributed by atoms with Crippen LogP contribution in [-0.4, -0.2) is 25.7 Å². The number of amides is 1. The zero-order valence-electron chi connectivity index (χ0n) is 14.7. The Morgan fingerprint density at radius 1 is 1.22 bits per heavy atom. The topological polar surface area (TPSA) is 47.6 Å². The van der Waals surface area contributed by atoms with Crippen LogP contribution in [0.2, 0.25) is 0 Å². The lowest BCUT2D eigenvalue weighted by molar-refractivity contribution is -0.116. The molecule has 128 valence electrons. The minimum atomic E-state index is -0.0667. The number of unbranched alkanes of at least 4 members (excludes halogenated alkanes) is 3. The minimum absolute atomic E-state index is 0.0667. The molecular weight excluding hydrogens is 290 g/mol. The van der Waals surface area contributed by atoms with Crippen LogP contribution in [0.5, 0.6) is 11.5 Å². The molecule has 23 heavy (non-hydrogen) atoms. The van der Waals surface area contributed by atoms with Gasteiger partial charge in [0.15, 0.2) is 11.5 Å². The molecule has 0 aliphatic carbocycles. The predicted octanol–water partition coefficient (Wildman–Crippen LogP) is 4.19. The van der Waals surface area contributed by atoms with Gasteiger partial charge < -0.3 is 14.8 Å². The van der Waals surface area contributed by atoms with Gasteiger partial charge in [-0.2, -0.15) is 0 Å². The largest absolute Gasteiger partial charge is 0.493 e. The van der Waals surface area contributed by atoms with Gasteiger partial charge in [0.05, 0.1) is 13.2 Å². The first-order valence-corrected chi connectivity index (χ1v) is 8.37. The maximum absolute atomic E-state index is 11.8. The standard InChI is InChI=1S/C19H29NO3/c1-5-6-7-8-13-20-19(21)12-10-16-9-11-17(23-15(2)3)18(14-16)22-4/h9-12,14-15H,5-8,13H2,1-4H3,(H,20,21)/b12-10+. The monoisotopic (exact) mass is 319 g/mol. The van der Waals surface area contributed by atoms with E-state index >= 15 is 0 Å². The molecule has 4 heteroatoms. The molecule has 0 heterocycles. The van der Waals surface area contributed by atoms with Crippen LogP contribution in [0.15, 0.2) is 24.3 Å². The fourth-order valence-corrected chi connectivity index (χ4v) is 2.13. The minimum Gasteiger partial charge on any atom is -0.493 e. The van der Waals surface area contributed by atoms with Crippen LogP contribution in [0, 0.1) is 0 Å².